The van der Waals surface area contributed by atoms with E-state index in [0.717, 1.165) is 56.3 Å². The maximum atomic E-state index is 12.5. The van der Waals surface area contributed by atoms with Crippen LogP contribution in [-0.4, -0.2) is 71.6 Å². The molecule has 0 aromatic carbocycles. The standard InChI is InChI=1S/C20H26N4O3S/c1-13(25)24-7-4-15(11-24)21-14-2-3-17-18(10-14)22-19(23-20(17)26)12-28-16-5-8-27-9-6-16/h2-3,10,15-17H,4-9,11-12H2,1H3,(H,22,23,26). The van der Waals surface area contributed by atoms with Crippen molar-refractivity contribution in [3.63, 3.8) is 0 Å². The van der Waals surface area contributed by atoms with E-state index in [2.05, 4.69) is 5.32 Å². The van der Waals surface area contributed by atoms with Gasteiger partial charge in [-0.2, -0.15) is 11.8 Å². The molecule has 8 heteroatoms. The highest BCUT2D eigenvalue weighted by atomic mass is 32.2. The minimum atomic E-state index is -0.340. The number of amidine groups is 1. The SMILES string of the molecule is CC(=O)N1CCC(N=C2C=CC3C(=O)NC(CSC4CCOCC4)=NC3=C2)C1. The van der Waals surface area contributed by atoms with Gasteiger partial charge in [0, 0.05) is 38.5 Å². The molecular formula is C20H26N4O3S. The minimum Gasteiger partial charge on any atom is -0.381 e. The van der Waals surface area contributed by atoms with Crippen LogP contribution >= 0.6 is 11.8 Å². The van der Waals surface area contributed by atoms with Crippen molar-refractivity contribution in [1.29, 1.82) is 0 Å². The van der Waals surface area contributed by atoms with Crippen LogP contribution in [-0.2, 0) is 14.3 Å². The number of rotatable bonds is 4. The summed E-state index contributed by atoms with van der Waals surface area (Å²) in [6.07, 6.45) is 8.65. The third-order valence-electron chi connectivity index (χ3n) is 5.45. The fourth-order valence-corrected chi connectivity index (χ4v) is 4.90. The molecule has 0 bridgehead atoms. The van der Waals surface area contributed by atoms with Gasteiger partial charge in [-0.3, -0.25) is 14.6 Å². The van der Waals surface area contributed by atoms with Gasteiger partial charge in [0.1, 0.15) is 5.84 Å². The Labute approximate surface area is 169 Å². The highest BCUT2D eigenvalue weighted by molar-refractivity contribution is 8.00. The van der Waals surface area contributed by atoms with Crippen LogP contribution in [0.5, 0.6) is 0 Å². The van der Waals surface area contributed by atoms with Crippen LogP contribution in [0, 0.1) is 5.92 Å². The molecule has 1 N–H and O–H groups in total. The first-order valence-electron chi connectivity index (χ1n) is 9.89. The van der Waals surface area contributed by atoms with Crippen LogP contribution < -0.4 is 5.32 Å². The van der Waals surface area contributed by atoms with Gasteiger partial charge in [0.2, 0.25) is 11.8 Å². The van der Waals surface area contributed by atoms with Crippen LogP contribution in [0.25, 0.3) is 0 Å². The second-order valence-corrected chi connectivity index (χ2v) is 8.83. The summed E-state index contributed by atoms with van der Waals surface area (Å²) in [6, 6.07) is 0.113. The molecule has 0 aromatic heterocycles. The number of carbonyl (C=O) groups excluding carboxylic acids is 2. The van der Waals surface area contributed by atoms with Gasteiger partial charge < -0.3 is 15.0 Å². The van der Waals surface area contributed by atoms with E-state index in [1.54, 1.807) is 6.92 Å². The summed E-state index contributed by atoms with van der Waals surface area (Å²) < 4.78 is 5.40. The largest absolute Gasteiger partial charge is 0.381 e. The quantitative estimate of drug-likeness (QED) is 0.774. The lowest BCUT2D eigenvalue weighted by Crippen LogP contribution is -2.42. The van der Waals surface area contributed by atoms with Gasteiger partial charge >= 0.3 is 0 Å². The Kier molecular flexibility index (Phi) is 5.96. The Bertz CT molecular complexity index is 767. The molecule has 3 heterocycles. The number of thioether (sulfide) groups is 1. The first-order valence-corrected chi connectivity index (χ1v) is 10.9. The summed E-state index contributed by atoms with van der Waals surface area (Å²) in [5, 5.41) is 3.51. The van der Waals surface area contributed by atoms with Crippen molar-refractivity contribution in [3.05, 3.63) is 23.9 Å². The first kappa shape index (κ1) is 19.4. The van der Waals surface area contributed by atoms with Crippen LogP contribution in [0.1, 0.15) is 26.2 Å². The van der Waals surface area contributed by atoms with E-state index in [1.165, 1.54) is 0 Å². The van der Waals surface area contributed by atoms with E-state index in [9.17, 15) is 9.59 Å². The molecule has 2 saturated heterocycles. The van der Waals surface area contributed by atoms with Crippen LogP contribution in [0.4, 0.5) is 0 Å². The van der Waals surface area contributed by atoms with Gasteiger partial charge in [-0.1, -0.05) is 6.08 Å². The molecule has 0 radical (unpaired) electrons. The zero-order chi connectivity index (χ0) is 19.5. The Morgan fingerprint density at radius 3 is 2.96 bits per heavy atom. The molecule has 28 heavy (non-hydrogen) atoms. The maximum absolute atomic E-state index is 12.5. The average molecular weight is 403 g/mol. The summed E-state index contributed by atoms with van der Waals surface area (Å²) in [5.74, 6) is 1.16. The molecular weight excluding hydrogens is 376 g/mol. The number of carbonyl (C=O) groups is 2. The second-order valence-electron chi connectivity index (χ2n) is 7.54. The van der Waals surface area contributed by atoms with Gasteiger partial charge in [0.15, 0.2) is 0 Å². The maximum Gasteiger partial charge on any atom is 0.238 e. The number of aliphatic imine (C=N–C) groups is 2. The summed E-state index contributed by atoms with van der Waals surface area (Å²) in [4.78, 5) is 35.3. The molecule has 2 unspecified atom stereocenters. The number of nitrogens with zero attached hydrogens (tertiary/aromatic N) is 3. The average Bonchev–Trinajstić information content (AvgIpc) is 3.16. The molecule has 2 fully saturated rings. The fourth-order valence-electron chi connectivity index (χ4n) is 3.84. The zero-order valence-electron chi connectivity index (χ0n) is 16.1. The number of ether oxygens (including phenoxy) is 1. The van der Waals surface area contributed by atoms with Crippen LogP contribution in [0.2, 0.25) is 0 Å². The lowest BCUT2D eigenvalue weighted by atomic mass is 9.96. The van der Waals surface area contributed by atoms with Gasteiger partial charge in [0.25, 0.3) is 0 Å². The van der Waals surface area contributed by atoms with Crippen molar-refractivity contribution >= 4 is 35.1 Å². The van der Waals surface area contributed by atoms with E-state index in [4.69, 9.17) is 14.7 Å². The van der Waals surface area contributed by atoms with Gasteiger partial charge in [0.05, 0.1) is 29.1 Å². The highest BCUT2D eigenvalue weighted by Crippen LogP contribution is 2.26. The molecule has 2 amide bonds. The predicted octanol–water partition coefficient (Wildman–Crippen LogP) is 1.56. The Hall–Kier alpha value is -1.93. The monoisotopic (exact) mass is 402 g/mol. The first-order chi connectivity index (χ1) is 13.6. The van der Waals surface area contributed by atoms with Crippen LogP contribution in [0.3, 0.4) is 0 Å². The van der Waals surface area contributed by atoms with Gasteiger partial charge in [-0.25, -0.2) is 4.99 Å². The van der Waals surface area contributed by atoms with Crippen LogP contribution in [0.15, 0.2) is 33.9 Å². The smallest absolute Gasteiger partial charge is 0.238 e. The van der Waals surface area contributed by atoms with Gasteiger partial charge in [-0.15, -0.1) is 0 Å². The van der Waals surface area contributed by atoms with Crippen molar-refractivity contribution in [3.8, 4) is 0 Å². The zero-order valence-corrected chi connectivity index (χ0v) is 16.9. The summed E-state index contributed by atoms with van der Waals surface area (Å²) in [5.41, 5.74) is 1.59. The van der Waals surface area contributed by atoms with Crippen molar-refractivity contribution in [2.45, 2.75) is 37.5 Å². The third-order valence-corrected chi connectivity index (χ3v) is 6.84. The van der Waals surface area contributed by atoms with Crippen molar-refractivity contribution in [2.75, 3.05) is 32.1 Å². The van der Waals surface area contributed by atoms with E-state index >= 15 is 0 Å². The number of fused-ring (bicyclic) bond motifs is 1. The van der Waals surface area contributed by atoms with Crippen molar-refractivity contribution < 1.29 is 14.3 Å². The molecule has 7 nitrogen and oxygen atoms in total. The molecule has 4 rings (SSSR count). The highest BCUT2D eigenvalue weighted by Gasteiger charge is 2.30. The summed E-state index contributed by atoms with van der Waals surface area (Å²) in [7, 11) is 0. The van der Waals surface area contributed by atoms with E-state index in [0.29, 0.717) is 17.5 Å². The minimum absolute atomic E-state index is 0.0252. The molecule has 0 aromatic rings. The molecule has 0 saturated carbocycles. The predicted molar refractivity (Wildman–Crippen MR) is 111 cm³/mol. The fraction of sp³-hybridized carbons (Fsp3) is 0.600. The molecule has 4 aliphatic rings. The van der Waals surface area contributed by atoms with E-state index in [1.807, 2.05) is 34.9 Å². The van der Waals surface area contributed by atoms with Gasteiger partial charge in [-0.05, 0) is 31.4 Å². The molecule has 3 aliphatic heterocycles. The Balaban J connectivity index is 1.42. The molecule has 150 valence electrons. The topological polar surface area (TPSA) is 83.4 Å². The Morgan fingerprint density at radius 2 is 2.21 bits per heavy atom. The number of likely N-dealkylation sites (tertiary alicyclic amines) is 1. The number of amides is 2. The van der Waals surface area contributed by atoms with Crippen molar-refractivity contribution in [1.82, 2.24) is 10.2 Å². The number of allylic oxidation sites excluding steroid dienone is 2. The molecule has 1 aliphatic carbocycles. The third kappa shape index (κ3) is 4.55. The lowest BCUT2D eigenvalue weighted by molar-refractivity contribution is -0.127. The molecule has 0 spiro atoms. The summed E-state index contributed by atoms with van der Waals surface area (Å²) >= 11 is 1.84. The lowest BCUT2D eigenvalue weighted by Gasteiger charge is -2.26. The summed E-state index contributed by atoms with van der Waals surface area (Å²) in [6.45, 7) is 4.65. The number of hydrogen-bond donors (Lipinski definition) is 1. The normalized spacial score (nSPS) is 29.4. The number of nitrogens with one attached hydrogen (secondary N) is 1. The van der Waals surface area contributed by atoms with Crippen molar-refractivity contribution in [2.24, 2.45) is 15.9 Å². The molecule has 2 atom stereocenters. The van der Waals surface area contributed by atoms with E-state index < -0.39 is 0 Å². The number of hydrogen-bond acceptors (Lipinski definition) is 6. The second kappa shape index (κ2) is 8.61. The van der Waals surface area contributed by atoms with E-state index in [-0.39, 0.29) is 23.8 Å². The Morgan fingerprint density at radius 1 is 1.39 bits per heavy atom.